The van der Waals surface area contributed by atoms with E-state index >= 15 is 0 Å². The summed E-state index contributed by atoms with van der Waals surface area (Å²) in [6, 6.07) is 5.56. The Morgan fingerprint density at radius 3 is 2.64 bits per heavy atom. The number of carbonyl (C=O) groups is 1. The Hall–Kier alpha value is -1.56. The van der Waals surface area contributed by atoms with Crippen molar-refractivity contribution in [3.63, 3.8) is 0 Å². The fourth-order valence-corrected chi connectivity index (χ4v) is 3.55. The molecule has 1 aliphatic heterocycles. The number of aryl methyl sites for hydroxylation is 1. The summed E-state index contributed by atoms with van der Waals surface area (Å²) in [6.45, 7) is 11.4. The van der Waals surface area contributed by atoms with Crippen LogP contribution >= 0.6 is 11.6 Å². The summed E-state index contributed by atoms with van der Waals surface area (Å²) in [7, 11) is 0. The van der Waals surface area contributed by atoms with Crippen LogP contribution in [0.4, 0.5) is 0 Å². The van der Waals surface area contributed by atoms with E-state index in [1.165, 1.54) is 0 Å². The van der Waals surface area contributed by atoms with Gasteiger partial charge < -0.3 is 19.5 Å². The number of nitrogens with one attached hydrogen (secondary N) is 1. The van der Waals surface area contributed by atoms with E-state index in [0.717, 1.165) is 56.6 Å². The van der Waals surface area contributed by atoms with Gasteiger partial charge in [-0.1, -0.05) is 30.7 Å². The molecule has 0 atom stereocenters. The van der Waals surface area contributed by atoms with Crippen molar-refractivity contribution in [1.29, 1.82) is 0 Å². The van der Waals surface area contributed by atoms with E-state index < -0.39 is 0 Å². The zero-order valence-electron chi connectivity index (χ0n) is 15.0. The average molecular weight is 364 g/mol. The van der Waals surface area contributed by atoms with E-state index in [2.05, 4.69) is 22.0 Å². The molecule has 1 amide bonds. The van der Waals surface area contributed by atoms with Crippen LogP contribution in [0.5, 0.6) is 0 Å². The number of hydrogen-bond acceptors (Lipinski definition) is 4. The van der Waals surface area contributed by atoms with Gasteiger partial charge in [-0.3, -0.25) is 4.79 Å². The Bertz CT molecular complexity index is 736. The molecule has 6 heteroatoms. The van der Waals surface area contributed by atoms with Gasteiger partial charge >= 0.3 is 0 Å². The number of rotatable bonds is 6. The smallest absolute Gasteiger partial charge is 0.287 e. The van der Waals surface area contributed by atoms with E-state index in [4.69, 9.17) is 16.0 Å². The van der Waals surface area contributed by atoms with Crippen LogP contribution < -0.4 is 5.32 Å². The highest BCUT2D eigenvalue weighted by molar-refractivity contribution is 6.35. The van der Waals surface area contributed by atoms with Crippen molar-refractivity contribution in [2.45, 2.75) is 20.3 Å². The van der Waals surface area contributed by atoms with E-state index in [-0.39, 0.29) is 5.91 Å². The zero-order valence-corrected chi connectivity index (χ0v) is 15.7. The third kappa shape index (κ3) is 4.17. The van der Waals surface area contributed by atoms with Crippen molar-refractivity contribution in [3.05, 3.63) is 34.5 Å². The first-order valence-electron chi connectivity index (χ1n) is 9.00. The summed E-state index contributed by atoms with van der Waals surface area (Å²) < 4.78 is 5.70. The van der Waals surface area contributed by atoms with Crippen LogP contribution in [0.2, 0.25) is 5.02 Å². The molecule has 1 N–H and O–H groups in total. The number of carbonyl (C=O) groups excluding carboxylic acids is 1. The molecule has 25 heavy (non-hydrogen) atoms. The Labute approximate surface area is 153 Å². The maximum Gasteiger partial charge on any atom is 0.287 e. The fourth-order valence-electron chi connectivity index (χ4n) is 3.34. The second kappa shape index (κ2) is 8.21. The molecule has 0 spiro atoms. The highest BCUT2D eigenvalue weighted by Crippen LogP contribution is 2.30. The first-order valence-corrected chi connectivity index (χ1v) is 9.38. The molecule has 2 heterocycles. The minimum atomic E-state index is -0.166. The maximum atomic E-state index is 12.4. The first kappa shape index (κ1) is 18.2. The van der Waals surface area contributed by atoms with E-state index in [1.54, 1.807) is 6.07 Å². The van der Waals surface area contributed by atoms with Crippen LogP contribution in [0.25, 0.3) is 11.0 Å². The van der Waals surface area contributed by atoms with Gasteiger partial charge in [0, 0.05) is 43.7 Å². The summed E-state index contributed by atoms with van der Waals surface area (Å²) >= 11 is 6.15. The number of halogens is 1. The Morgan fingerprint density at radius 1 is 1.24 bits per heavy atom. The topological polar surface area (TPSA) is 48.7 Å². The number of para-hydroxylation sites is 1. The molecule has 1 aromatic heterocycles. The number of piperazine rings is 1. The highest BCUT2D eigenvalue weighted by Gasteiger charge is 2.19. The first-order chi connectivity index (χ1) is 12.1. The molecule has 0 aliphatic carbocycles. The highest BCUT2D eigenvalue weighted by atomic mass is 35.5. The van der Waals surface area contributed by atoms with Crippen LogP contribution in [0.3, 0.4) is 0 Å². The molecule has 0 saturated carbocycles. The average Bonchev–Trinajstić information content (AvgIpc) is 2.97. The monoisotopic (exact) mass is 363 g/mol. The van der Waals surface area contributed by atoms with Crippen molar-refractivity contribution in [2.75, 3.05) is 45.8 Å². The second-order valence-electron chi connectivity index (χ2n) is 6.56. The number of hydrogen-bond donors (Lipinski definition) is 1. The van der Waals surface area contributed by atoms with Crippen molar-refractivity contribution in [1.82, 2.24) is 15.1 Å². The zero-order chi connectivity index (χ0) is 17.8. The molecule has 0 radical (unpaired) electrons. The molecule has 0 bridgehead atoms. The molecule has 1 fully saturated rings. The van der Waals surface area contributed by atoms with Gasteiger partial charge in [0.15, 0.2) is 11.3 Å². The Morgan fingerprint density at radius 2 is 1.96 bits per heavy atom. The van der Waals surface area contributed by atoms with Crippen LogP contribution in [0, 0.1) is 6.92 Å². The van der Waals surface area contributed by atoms with Crippen LogP contribution in [0.15, 0.2) is 22.6 Å². The lowest BCUT2D eigenvalue weighted by atomic mass is 10.1. The molecule has 0 unspecified atom stereocenters. The van der Waals surface area contributed by atoms with Crippen LogP contribution in [-0.2, 0) is 0 Å². The number of fused-ring (bicyclic) bond motifs is 1. The van der Waals surface area contributed by atoms with E-state index in [9.17, 15) is 4.79 Å². The standard InChI is InChI=1S/C19H26ClN3O2/c1-3-22-10-12-23(13-11-22)9-5-8-21-19(24)17-14(2)15-6-4-7-16(20)18(15)25-17/h4,6-7H,3,5,8-13H2,1-2H3,(H,21,24). The largest absolute Gasteiger partial charge is 0.449 e. The summed E-state index contributed by atoms with van der Waals surface area (Å²) in [5, 5.41) is 4.39. The molecular weight excluding hydrogens is 338 g/mol. The fraction of sp³-hybridized carbons (Fsp3) is 0.526. The van der Waals surface area contributed by atoms with Gasteiger partial charge in [0.25, 0.3) is 5.91 Å². The van der Waals surface area contributed by atoms with Gasteiger partial charge in [0.1, 0.15) is 0 Å². The normalized spacial score (nSPS) is 16.4. The quantitative estimate of drug-likeness (QED) is 0.801. The summed E-state index contributed by atoms with van der Waals surface area (Å²) in [6.07, 6.45) is 0.942. The van der Waals surface area contributed by atoms with Crippen molar-refractivity contribution < 1.29 is 9.21 Å². The minimum absolute atomic E-state index is 0.166. The number of nitrogens with zero attached hydrogens (tertiary/aromatic N) is 2. The summed E-state index contributed by atoms with van der Waals surface area (Å²) in [4.78, 5) is 17.3. The van der Waals surface area contributed by atoms with Gasteiger partial charge in [-0.15, -0.1) is 0 Å². The molecule has 1 aliphatic rings. The van der Waals surface area contributed by atoms with Crippen molar-refractivity contribution >= 4 is 28.5 Å². The van der Waals surface area contributed by atoms with E-state index in [0.29, 0.717) is 22.9 Å². The Kier molecular flexibility index (Phi) is 5.99. The lowest BCUT2D eigenvalue weighted by molar-refractivity contribution is 0.0922. The van der Waals surface area contributed by atoms with E-state index in [1.807, 2.05) is 19.1 Å². The van der Waals surface area contributed by atoms with Gasteiger partial charge in [0.05, 0.1) is 5.02 Å². The number of amides is 1. The second-order valence-corrected chi connectivity index (χ2v) is 6.97. The van der Waals surface area contributed by atoms with Gasteiger partial charge in [-0.2, -0.15) is 0 Å². The lowest BCUT2D eigenvalue weighted by Crippen LogP contribution is -2.46. The maximum absolute atomic E-state index is 12.4. The third-order valence-electron chi connectivity index (χ3n) is 4.97. The number of benzene rings is 1. The van der Waals surface area contributed by atoms with Gasteiger partial charge in [-0.05, 0) is 32.5 Å². The SMILES string of the molecule is CCN1CCN(CCCNC(=O)c2oc3c(Cl)cccc3c2C)CC1. The lowest BCUT2D eigenvalue weighted by Gasteiger charge is -2.33. The van der Waals surface area contributed by atoms with Crippen molar-refractivity contribution in [3.8, 4) is 0 Å². The summed E-state index contributed by atoms with van der Waals surface area (Å²) in [5.41, 5.74) is 1.42. The molecule has 136 valence electrons. The minimum Gasteiger partial charge on any atom is -0.449 e. The molecule has 3 rings (SSSR count). The third-order valence-corrected chi connectivity index (χ3v) is 5.27. The van der Waals surface area contributed by atoms with Crippen LogP contribution in [-0.4, -0.2) is 61.5 Å². The predicted octanol–water partition coefficient (Wildman–Crippen LogP) is 3.15. The van der Waals surface area contributed by atoms with Gasteiger partial charge in [0.2, 0.25) is 0 Å². The molecule has 2 aromatic rings. The number of likely N-dealkylation sites (N-methyl/N-ethyl adjacent to an activating group) is 1. The Balaban J connectivity index is 1.49. The molecule has 5 nitrogen and oxygen atoms in total. The predicted molar refractivity (Wildman–Crippen MR) is 101 cm³/mol. The molecular formula is C19H26ClN3O2. The number of furan rings is 1. The molecule has 1 saturated heterocycles. The van der Waals surface area contributed by atoms with Crippen molar-refractivity contribution in [2.24, 2.45) is 0 Å². The molecule has 1 aromatic carbocycles. The summed E-state index contributed by atoms with van der Waals surface area (Å²) in [5.74, 6) is 0.195. The van der Waals surface area contributed by atoms with Crippen LogP contribution in [0.1, 0.15) is 29.5 Å². The van der Waals surface area contributed by atoms with Gasteiger partial charge in [-0.25, -0.2) is 0 Å².